The molecule has 0 radical (unpaired) electrons. The summed E-state index contributed by atoms with van der Waals surface area (Å²) in [6.07, 6.45) is 0. The van der Waals surface area contributed by atoms with Crippen LogP contribution in [-0.2, 0) is 0 Å². The highest BCUT2D eigenvalue weighted by Crippen LogP contribution is 2.21. The number of rotatable bonds is 5. The van der Waals surface area contributed by atoms with E-state index in [1.54, 1.807) is 32.2 Å². The second-order valence-electron chi connectivity index (χ2n) is 5.37. The lowest BCUT2D eigenvalue weighted by Crippen LogP contribution is -2.43. The van der Waals surface area contributed by atoms with Crippen LogP contribution in [-0.4, -0.2) is 48.0 Å². The lowest BCUT2D eigenvalue weighted by molar-refractivity contribution is 0.0509. The Bertz CT molecular complexity index is 475. The number of aryl methyl sites for hydroxylation is 1. The van der Waals surface area contributed by atoms with Gasteiger partial charge in [-0.3, -0.25) is 0 Å². The van der Waals surface area contributed by atoms with Crippen LogP contribution < -0.4 is 5.32 Å². The lowest BCUT2D eigenvalue weighted by atomic mass is 9.92. The zero-order valence-corrected chi connectivity index (χ0v) is 12.7. The van der Waals surface area contributed by atoms with Gasteiger partial charge in [0, 0.05) is 29.7 Å². The van der Waals surface area contributed by atoms with Crippen LogP contribution in [0.4, 0.5) is 10.5 Å². The van der Waals surface area contributed by atoms with E-state index in [2.05, 4.69) is 5.32 Å². The van der Waals surface area contributed by atoms with E-state index >= 15 is 0 Å². The largest absolute Gasteiger partial charge is 0.396 e. The normalized spacial score (nSPS) is 11.3. The number of anilines is 1. The molecule has 0 atom stereocenters. The van der Waals surface area contributed by atoms with Crippen LogP contribution in [0.2, 0.25) is 5.02 Å². The van der Waals surface area contributed by atoms with Crippen LogP contribution in [0.25, 0.3) is 0 Å². The third kappa shape index (κ3) is 4.37. The van der Waals surface area contributed by atoms with E-state index in [4.69, 9.17) is 11.6 Å². The molecule has 0 fully saturated rings. The smallest absolute Gasteiger partial charge is 0.321 e. The van der Waals surface area contributed by atoms with Crippen LogP contribution in [0.15, 0.2) is 18.2 Å². The average molecular weight is 301 g/mol. The van der Waals surface area contributed by atoms with Crippen molar-refractivity contribution in [3.8, 4) is 0 Å². The molecule has 0 aliphatic rings. The Morgan fingerprint density at radius 2 is 2.00 bits per heavy atom. The molecule has 0 aliphatic carbocycles. The van der Waals surface area contributed by atoms with Gasteiger partial charge in [0.1, 0.15) is 0 Å². The molecule has 1 aromatic rings. The first-order chi connectivity index (χ1) is 9.31. The first-order valence-corrected chi connectivity index (χ1v) is 6.69. The van der Waals surface area contributed by atoms with Crippen molar-refractivity contribution in [3.63, 3.8) is 0 Å². The fourth-order valence-electron chi connectivity index (χ4n) is 1.77. The number of hydrogen-bond donors (Lipinski definition) is 3. The predicted molar refractivity (Wildman–Crippen MR) is 80.1 cm³/mol. The van der Waals surface area contributed by atoms with Crippen LogP contribution in [0, 0.1) is 12.3 Å². The standard InChI is InChI=1S/C14H21ClN2O3/c1-10-6-11(15)4-5-12(10)16-13(20)17(3)7-14(2,8-18)9-19/h4-6,18-19H,7-9H2,1-3H3,(H,16,20). The zero-order chi connectivity index (χ0) is 15.3. The van der Waals surface area contributed by atoms with Crippen molar-refractivity contribution in [2.24, 2.45) is 5.41 Å². The Morgan fingerprint density at radius 1 is 1.40 bits per heavy atom. The van der Waals surface area contributed by atoms with E-state index in [0.717, 1.165) is 5.56 Å². The summed E-state index contributed by atoms with van der Waals surface area (Å²) in [4.78, 5) is 13.5. The van der Waals surface area contributed by atoms with E-state index < -0.39 is 5.41 Å². The minimum absolute atomic E-state index is 0.193. The quantitative estimate of drug-likeness (QED) is 0.780. The van der Waals surface area contributed by atoms with Gasteiger partial charge in [-0.1, -0.05) is 18.5 Å². The van der Waals surface area contributed by atoms with Crippen LogP contribution >= 0.6 is 11.6 Å². The number of urea groups is 1. The molecule has 3 N–H and O–H groups in total. The van der Waals surface area contributed by atoms with Crippen molar-refractivity contribution >= 4 is 23.3 Å². The van der Waals surface area contributed by atoms with E-state index in [0.29, 0.717) is 10.7 Å². The molecular weight excluding hydrogens is 280 g/mol. The van der Waals surface area contributed by atoms with Gasteiger partial charge in [0.15, 0.2) is 0 Å². The zero-order valence-electron chi connectivity index (χ0n) is 12.0. The molecule has 0 heterocycles. The number of nitrogens with one attached hydrogen (secondary N) is 1. The van der Waals surface area contributed by atoms with E-state index in [9.17, 15) is 15.0 Å². The number of aliphatic hydroxyl groups is 2. The minimum atomic E-state index is -0.721. The van der Waals surface area contributed by atoms with Crippen molar-refractivity contribution in [1.29, 1.82) is 0 Å². The third-order valence-electron chi connectivity index (χ3n) is 3.16. The Balaban J connectivity index is 2.71. The average Bonchev–Trinajstić information content (AvgIpc) is 2.41. The van der Waals surface area contributed by atoms with Crippen molar-refractivity contribution in [1.82, 2.24) is 4.90 Å². The first-order valence-electron chi connectivity index (χ1n) is 6.31. The summed E-state index contributed by atoms with van der Waals surface area (Å²) < 4.78 is 0. The van der Waals surface area contributed by atoms with Crippen molar-refractivity contribution in [2.75, 3.05) is 32.1 Å². The summed E-state index contributed by atoms with van der Waals surface area (Å²) in [5, 5.41) is 21.9. The van der Waals surface area contributed by atoms with Crippen LogP contribution in [0.1, 0.15) is 12.5 Å². The molecule has 0 aliphatic heterocycles. The van der Waals surface area contributed by atoms with Crippen LogP contribution in [0.3, 0.4) is 0 Å². The van der Waals surface area contributed by atoms with Gasteiger partial charge in [-0.05, 0) is 30.7 Å². The topological polar surface area (TPSA) is 72.8 Å². The second-order valence-corrected chi connectivity index (χ2v) is 5.81. The van der Waals surface area contributed by atoms with Gasteiger partial charge in [-0.2, -0.15) is 0 Å². The number of halogens is 1. The Labute approximate surface area is 124 Å². The van der Waals surface area contributed by atoms with E-state index in [-0.39, 0.29) is 25.8 Å². The molecule has 2 amide bonds. The van der Waals surface area contributed by atoms with Crippen molar-refractivity contribution in [2.45, 2.75) is 13.8 Å². The molecule has 0 bridgehead atoms. The van der Waals surface area contributed by atoms with Gasteiger partial charge in [-0.15, -0.1) is 0 Å². The number of carbonyl (C=O) groups is 1. The molecule has 1 aromatic carbocycles. The highest BCUT2D eigenvalue weighted by atomic mass is 35.5. The molecule has 20 heavy (non-hydrogen) atoms. The van der Waals surface area contributed by atoms with Crippen LogP contribution in [0.5, 0.6) is 0 Å². The van der Waals surface area contributed by atoms with Gasteiger partial charge in [0.25, 0.3) is 0 Å². The lowest BCUT2D eigenvalue weighted by Gasteiger charge is -2.30. The van der Waals surface area contributed by atoms with E-state index in [1.807, 2.05) is 6.92 Å². The minimum Gasteiger partial charge on any atom is -0.396 e. The van der Waals surface area contributed by atoms with Crippen molar-refractivity contribution < 1.29 is 15.0 Å². The predicted octanol–water partition coefficient (Wildman–Crippen LogP) is 2.10. The number of benzene rings is 1. The Morgan fingerprint density at radius 3 is 2.50 bits per heavy atom. The molecule has 1 rings (SSSR count). The Kier molecular flexibility index (Phi) is 5.80. The molecule has 6 heteroatoms. The first kappa shape index (κ1) is 16.8. The van der Waals surface area contributed by atoms with Gasteiger partial charge >= 0.3 is 6.03 Å². The molecule has 0 saturated heterocycles. The summed E-state index contributed by atoms with van der Waals surface area (Å²) in [5.74, 6) is 0. The third-order valence-corrected chi connectivity index (χ3v) is 3.39. The van der Waals surface area contributed by atoms with Gasteiger partial charge in [0.2, 0.25) is 0 Å². The van der Waals surface area contributed by atoms with E-state index in [1.165, 1.54) is 4.90 Å². The number of hydrogen-bond acceptors (Lipinski definition) is 3. The monoisotopic (exact) mass is 300 g/mol. The number of nitrogens with zero attached hydrogens (tertiary/aromatic N) is 1. The van der Waals surface area contributed by atoms with Gasteiger partial charge < -0.3 is 20.4 Å². The maximum atomic E-state index is 12.1. The summed E-state index contributed by atoms with van der Waals surface area (Å²) in [5.41, 5.74) is 0.827. The highest BCUT2D eigenvalue weighted by molar-refractivity contribution is 6.30. The molecule has 5 nitrogen and oxygen atoms in total. The number of amides is 2. The molecule has 0 spiro atoms. The fraction of sp³-hybridized carbons (Fsp3) is 0.500. The maximum Gasteiger partial charge on any atom is 0.321 e. The molecule has 0 aromatic heterocycles. The fourth-order valence-corrected chi connectivity index (χ4v) is 2.00. The number of aliphatic hydroxyl groups excluding tert-OH is 2. The molecule has 0 saturated carbocycles. The summed E-state index contributed by atoms with van der Waals surface area (Å²) in [7, 11) is 1.62. The van der Waals surface area contributed by atoms with Gasteiger partial charge in [-0.25, -0.2) is 4.79 Å². The van der Waals surface area contributed by atoms with Crippen molar-refractivity contribution in [3.05, 3.63) is 28.8 Å². The molecule has 112 valence electrons. The SMILES string of the molecule is Cc1cc(Cl)ccc1NC(=O)N(C)CC(C)(CO)CO. The second kappa shape index (κ2) is 6.92. The van der Waals surface area contributed by atoms with Gasteiger partial charge in [0.05, 0.1) is 13.2 Å². The highest BCUT2D eigenvalue weighted by Gasteiger charge is 2.26. The summed E-state index contributed by atoms with van der Waals surface area (Å²) in [6.45, 7) is 3.43. The maximum absolute atomic E-state index is 12.1. The summed E-state index contributed by atoms with van der Waals surface area (Å²) in [6, 6.07) is 4.91. The number of carbonyl (C=O) groups excluding carboxylic acids is 1. The molecule has 0 unspecified atom stereocenters. The summed E-state index contributed by atoms with van der Waals surface area (Å²) >= 11 is 5.86. The Hall–Kier alpha value is -1.30. The molecular formula is C14H21ClN2O3.